The summed E-state index contributed by atoms with van der Waals surface area (Å²) in [7, 11) is 3.37. The van der Waals surface area contributed by atoms with Gasteiger partial charge in [0.1, 0.15) is 11.5 Å². The van der Waals surface area contributed by atoms with Crippen molar-refractivity contribution in [3.05, 3.63) is 23.8 Å². The Hall–Kier alpha value is -1.26. The van der Waals surface area contributed by atoms with Crippen LogP contribution >= 0.6 is 24.0 Å². The van der Waals surface area contributed by atoms with E-state index >= 15 is 0 Å². The summed E-state index contributed by atoms with van der Waals surface area (Å²) >= 11 is 0. The smallest absolute Gasteiger partial charge is 0.191 e. The summed E-state index contributed by atoms with van der Waals surface area (Å²) in [5.74, 6) is 2.58. The van der Waals surface area contributed by atoms with Crippen molar-refractivity contribution in [1.29, 1.82) is 0 Å². The second kappa shape index (κ2) is 14.7. The van der Waals surface area contributed by atoms with E-state index in [0.29, 0.717) is 0 Å². The number of methoxy groups -OCH3 is 2. The first-order valence-corrected chi connectivity index (χ1v) is 9.80. The van der Waals surface area contributed by atoms with Crippen molar-refractivity contribution in [3.63, 3.8) is 0 Å². The number of aliphatic imine (C=N–C) groups is 1. The molecule has 0 spiro atoms. The lowest BCUT2D eigenvalue weighted by atomic mass is 10.1. The minimum Gasteiger partial charge on any atom is -0.497 e. The summed E-state index contributed by atoms with van der Waals surface area (Å²) in [6.07, 6.45) is 1.89. The Morgan fingerprint density at radius 2 is 1.96 bits per heavy atom. The molecule has 2 rings (SSSR count). The number of hydrogen-bond acceptors (Lipinski definition) is 5. The van der Waals surface area contributed by atoms with Gasteiger partial charge in [-0.25, -0.2) is 0 Å². The third kappa shape index (κ3) is 8.83. The van der Waals surface area contributed by atoms with E-state index in [9.17, 15) is 0 Å². The summed E-state index contributed by atoms with van der Waals surface area (Å²) in [6, 6.07) is 5.88. The van der Waals surface area contributed by atoms with Crippen LogP contribution in [-0.2, 0) is 11.2 Å². The van der Waals surface area contributed by atoms with Crippen LogP contribution in [0, 0.1) is 0 Å². The molecule has 0 radical (unpaired) electrons. The van der Waals surface area contributed by atoms with Crippen LogP contribution in [0.1, 0.15) is 18.9 Å². The molecule has 1 fully saturated rings. The number of hydrogen-bond donors (Lipinski definition) is 2. The second-order valence-corrected chi connectivity index (χ2v) is 6.42. The van der Waals surface area contributed by atoms with Crippen molar-refractivity contribution in [3.8, 4) is 11.5 Å². The number of rotatable bonds is 10. The molecule has 1 aliphatic heterocycles. The van der Waals surface area contributed by atoms with E-state index in [2.05, 4.69) is 27.4 Å². The minimum absolute atomic E-state index is 0. The van der Waals surface area contributed by atoms with E-state index in [0.717, 1.165) is 88.3 Å². The molecule has 0 saturated carbocycles. The maximum absolute atomic E-state index is 5.44. The fraction of sp³-hybridized carbons (Fsp3) is 0.650. The molecule has 2 N–H and O–H groups in total. The molecular formula is C20H35IN4O3. The average Bonchev–Trinajstić information content (AvgIpc) is 2.71. The number of nitrogens with one attached hydrogen (secondary N) is 2. The minimum atomic E-state index is 0. The van der Waals surface area contributed by atoms with Gasteiger partial charge in [-0.05, 0) is 43.5 Å². The fourth-order valence-electron chi connectivity index (χ4n) is 3.04. The molecule has 1 aliphatic rings. The monoisotopic (exact) mass is 506 g/mol. The molecule has 1 heterocycles. The molecule has 0 bridgehead atoms. The zero-order chi connectivity index (χ0) is 19.3. The van der Waals surface area contributed by atoms with Gasteiger partial charge in [0, 0.05) is 39.3 Å². The molecule has 0 aliphatic carbocycles. The van der Waals surface area contributed by atoms with Gasteiger partial charge in [0.2, 0.25) is 0 Å². The maximum atomic E-state index is 5.44. The van der Waals surface area contributed by atoms with Crippen LogP contribution in [0.4, 0.5) is 0 Å². The highest BCUT2D eigenvalue weighted by molar-refractivity contribution is 14.0. The number of morpholine rings is 1. The van der Waals surface area contributed by atoms with E-state index in [4.69, 9.17) is 14.2 Å². The van der Waals surface area contributed by atoms with Crippen molar-refractivity contribution in [1.82, 2.24) is 15.5 Å². The van der Waals surface area contributed by atoms with Crippen molar-refractivity contribution in [2.24, 2.45) is 4.99 Å². The number of guanidine groups is 1. The van der Waals surface area contributed by atoms with Crippen molar-refractivity contribution in [2.45, 2.75) is 19.8 Å². The molecule has 0 amide bonds. The normalized spacial score (nSPS) is 14.9. The summed E-state index contributed by atoms with van der Waals surface area (Å²) in [6.45, 7) is 9.35. The van der Waals surface area contributed by atoms with Crippen LogP contribution in [0.25, 0.3) is 0 Å². The number of halogens is 1. The van der Waals surface area contributed by atoms with E-state index in [1.54, 1.807) is 14.2 Å². The molecule has 1 aromatic rings. The van der Waals surface area contributed by atoms with Gasteiger partial charge in [-0.3, -0.25) is 9.89 Å². The fourth-order valence-corrected chi connectivity index (χ4v) is 3.04. The SMILES string of the molecule is CCNC(=NCCCN1CCOCC1)NCCc1cc(OC)ccc1OC.I. The van der Waals surface area contributed by atoms with Crippen molar-refractivity contribution in [2.75, 3.05) is 66.7 Å². The topological polar surface area (TPSA) is 67.4 Å². The van der Waals surface area contributed by atoms with Crippen LogP contribution in [0.2, 0.25) is 0 Å². The zero-order valence-electron chi connectivity index (χ0n) is 17.3. The highest BCUT2D eigenvalue weighted by Gasteiger charge is 2.09. The first kappa shape index (κ1) is 24.8. The Kier molecular flexibility index (Phi) is 13.0. The highest BCUT2D eigenvalue weighted by Crippen LogP contribution is 2.24. The summed E-state index contributed by atoms with van der Waals surface area (Å²) in [5, 5.41) is 6.71. The average molecular weight is 506 g/mol. The molecule has 8 heteroatoms. The van der Waals surface area contributed by atoms with Gasteiger partial charge in [-0.1, -0.05) is 0 Å². The predicted octanol–water partition coefficient (Wildman–Crippen LogP) is 2.14. The van der Waals surface area contributed by atoms with Gasteiger partial charge in [-0.15, -0.1) is 24.0 Å². The molecule has 0 atom stereocenters. The van der Waals surface area contributed by atoms with Gasteiger partial charge < -0.3 is 24.8 Å². The molecule has 1 saturated heterocycles. The Bertz CT molecular complexity index is 581. The summed E-state index contributed by atoms with van der Waals surface area (Å²) in [4.78, 5) is 7.12. The molecule has 28 heavy (non-hydrogen) atoms. The lowest BCUT2D eigenvalue weighted by Gasteiger charge is -2.26. The molecule has 0 unspecified atom stereocenters. The molecule has 7 nitrogen and oxygen atoms in total. The van der Waals surface area contributed by atoms with E-state index in [-0.39, 0.29) is 24.0 Å². The van der Waals surface area contributed by atoms with E-state index in [1.807, 2.05) is 18.2 Å². The molecular weight excluding hydrogens is 471 g/mol. The third-order valence-corrected chi connectivity index (χ3v) is 4.52. The Labute approximate surface area is 186 Å². The second-order valence-electron chi connectivity index (χ2n) is 6.42. The molecule has 0 aromatic heterocycles. The van der Waals surface area contributed by atoms with Gasteiger partial charge >= 0.3 is 0 Å². The Morgan fingerprint density at radius 3 is 2.64 bits per heavy atom. The number of ether oxygens (including phenoxy) is 3. The van der Waals surface area contributed by atoms with Crippen molar-refractivity contribution < 1.29 is 14.2 Å². The van der Waals surface area contributed by atoms with Crippen LogP contribution < -0.4 is 20.1 Å². The maximum Gasteiger partial charge on any atom is 0.191 e. The van der Waals surface area contributed by atoms with Gasteiger partial charge in [0.05, 0.1) is 27.4 Å². The standard InChI is InChI=1S/C20H34N4O3.HI/c1-4-21-20(22-9-5-11-24-12-14-27-15-13-24)23-10-8-17-16-18(25-2)6-7-19(17)26-3;/h6-7,16H,4-5,8-15H2,1-3H3,(H2,21,22,23);1H. The summed E-state index contributed by atoms with van der Waals surface area (Å²) in [5.41, 5.74) is 1.12. The van der Waals surface area contributed by atoms with Crippen LogP contribution in [-0.4, -0.2) is 77.6 Å². The third-order valence-electron chi connectivity index (χ3n) is 4.52. The summed E-state index contributed by atoms with van der Waals surface area (Å²) < 4.78 is 16.1. The molecule has 1 aromatic carbocycles. The van der Waals surface area contributed by atoms with Gasteiger partial charge in [-0.2, -0.15) is 0 Å². The van der Waals surface area contributed by atoms with Gasteiger partial charge in [0.15, 0.2) is 5.96 Å². The first-order chi connectivity index (χ1) is 13.3. The first-order valence-electron chi connectivity index (χ1n) is 9.80. The number of nitrogens with zero attached hydrogens (tertiary/aromatic N) is 2. The van der Waals surface area contributed by atoms with Crippen LogP contribution in [0.15, 0.2) is 23.2 Å². The van der Waals surface area contributed by atoms with Gasteiger partial charge in [0.25, 0.3) is 0 Å². The van der Waals surface area contributed by atoms with E-state index < -0.39 is 0 Å². The van der Waals surface area contributed by atoms with E-state index in [1.165, 1.54) is 0 Å². The Morgan fingerprint density at radius 1 is 1.18 bits per heavy atom. The largest absolute Gasteiger partial charge is 0.497 e. The predicted molar refractivity (Wildman–Crippen MR) is 125 cm³/mol. The zero-order valence-corrected chi connectivity index (χ0v) is 19.7. The number of benzene rings is 1. The molecule has 160 valence electrons. The van der Waals surface area contributed by atoms with Crippen molar-refractivity contribution >= 4 is 29.9 Å². The lowest BCUT2D eigenvalue weighted by Crippen LogP contribution is -2.39. The Balaban J connectivity index is 0.00000392. The quantitative estimate of drug-likeness (QED) is 0.220. The highest BCUT2D eigenvalue weighted by atomic mass is 127. The lowest BCUT2D eigenvalue weighted by molar-refractivity contribution is 0.0377. The van der Waals surface area contributed by atoms with Crippen LogP contribution in [0.3, 0.4) is 0 Å². The van der Waals surface area contributed by atoms with Crippen LogP contribution in [0.5, 0.6) is 11.5 Å².